The van der Waals surface area contributed by atoms with Crippen LogP contribution in [0.5, 0.6) is 0 Å². The van der Waals surface area contributed by atoms with E-state index in [-0.39, 0.29) is 7.43 Å². The summed E-state index contributed by atoms with van der Waals surface area (Å²) in [5.74, 6) is 0. The fraction of sp³-hybridized carbons (Fsp3) is 0.667. The van der Waals surface area contributed by atoms with Crippen molar-refractivity contribution in [1.82, 2.24) is 0 Å². The lowest BCUT2D eigenvalue weighted by Gasteiger charge is -1.59. The van der Waals surface area contributed by atoms with Crippen molar-refractivity contribution < 1.29 is 0 Å². The molecule has 0 aliphatic heterocycles. The molecule has 0 aliphatic carbocycles. The maximum absolute atomic E-state index is 6.22. The predicted molar refractivity (Wildman–Crippen MR) is 45.1 cm³/mol. The first-order valence-corrected chi connectivity index (χ1v) is 2.71. The first kappa shape index (κ1) is 16.0. The van der Waals surface area contributed by atoms with E-state index in [0.717, 1.165) is 12.7 Å². The van der Waals surface area contributed by atoms with Gasteiger partial charge in [-0.15, -0.1) is 10.2 Å². The largest absolute Gasteiger partial charge is 0.288 e. The quantitative estimate of drug-likeness (QED) is 0.340. The van der Waals surface area contributed by atoms with E-state index in [9.17, 15) is 0 Å². The SMILES string of the molecule is C.CCC.N=CN=NC=N. The molecule has 0 aliphatic rings. The Balaban J connectivity index is -0.000000107. The Morgan fingerprint density at radius 3 is 1.40 bits per heavy atom. The van der Waals surface area contributed by atoms with Crippen LogP contribution in [0.25, 0.3) is 0 Å². The fourth-order valence-electron chi connectivity index (χ4n) is 0.0667. The van der Waals surface area contributed by atoms with Crippen LogP contribution in [0, 0.1) is 10.8 Å². The normalized spacial score (nSPS) is 7.00. The van der Waals surface area contributed by atoms with Crippen LogP contribution in [0.2, 0.25) is 0 Å². The summed E-state index contributed by atoms with van der Waals surface area (Å²) in [5.41, 5.74) is 0. The van der Waals surface area contributed by atoms with Crippen molar-refractivity contribution in [2.45, 2.75) is 27.7 Å². The molecule has 10 heavy (non-hydrogen) atoms. The summed E-state index contributed by atoms with van der Waals surface area (Å²) in [7, 11) is 0. The smallest absolute Gasteiger partial charge is 0.130 e. The lowest BCUT2D eigenvalue weighted by Crippen LogP contribution is -1.55. The molecule has 4 nitrogen and oxygen atoms in total. The van der Waals surface area contributed by atoms with Gasteiger partial charge in [-0.2, -0.15) is 0 Å². The topological polar surface area (TPSA) is 72.4 Å². The van der Waals surface area contributed by atoms with Crippen LogP contribution in [-0.2, 0) is 0 Å². The van der Waals surface area contributed by atoms with Gasteiger partial charge in [0.2, 0.25) is 0 Å². The molecule has 0 rings (SSSR count). The van der Waals surface area contributed by atoms with Crippen LogP contribution in [0.1, 0.15) is 27.7 Å². The molecule has 2 N–H and O–H groups in total. The van der Waals surface area contributed by atoms with Gasteiger partial charge in [0.25, 0.3) is 0 Å². The highest BCUT2D eigenvalue weighted by atomic mass is 15.1. The molecule has 0 spiro atoms. The number of hydrogen-bond acceptors (Lipinski definition) is 2. The number of hydrogen-bond donors (Lipinski definition) is 2. The van der Waals surface area contributed by atoms with Crippen molar-refractivity contribution in [3.8, 4) is 0 Å². The number of rotatable bonds is 2. The van der Waals surface area contributed by atoms with Gasteiger partial charge >= 0.3 is 0 Å². The fourth-order valence-corrected chi connectivity index (χ4v) is 0.0667. The van der Waals surface area contributed by atoms with Gasteiger partial charge in [-0.3, -0.25) is 10.8 Å². The average Bonchev–Trinajstić information content (AvgIpc) is 1.86. The first-order chi connectivity index (χ1) is 4.33. The van der Waals surface area contributed by atoms with Crippen LogP contribution in [0.4, 0.5) is 0 Å². The van der Waals surface area contributed by atoms with Gasteiger partial charge in [0.05, 0.1) is 0 Å². The van der Waals surface area contributed by atoms with E-state index in [0.29, 0.717) is 0 Å². The molecule has 0 aromatic carbocycles. The Bertz CT molecular complexity index is 77.7. The van der Waals surface area contributed by atoms with Crippen molar-refractivity contribution in [2.24, 2.45) is 10.2 Å². The highest BCUT2D eigenvalue weighted by Crippen LogP contribution is 1.56. The predicted octanol–water partition coefficient (Wildman–Crippen LogP) is 2.71. The molecule has 0 saturated carbocycles. The third kappa shape index (κ3) is 65.1. The Hall–Kier alpha value is -1.06. The van der Waals surface area contributed by atoms with Crippen LogP contribution < -0.4 is 0 Å². The second-order valence-corrected chi connectivity index (χ2v) is 1.20. The zero-order chi connectivity index (χ0) is 7.54. The van der Waals surface area contributed by atoms with Gasteiger partial charge < -0.3 is 0 Å². The highest BCUT2D eigenvalue weighted by molar-refractivity contribution is 5.55. The van der Waals surface area contributed by atoms with Crippen LogP contribution in [-0.4, -0.2) is 12.7 Å². The number of nitrogens with zero attached hydrogens (tertiary/aromatic N) is 2. The van der Waals surface area contributed by atoms with Crippen LogP contribution >= 0.6 is 0 Å². The number of azo groups is 1. The van der Waals surface area contributed by atoms with E-state index in [1.165, 1.54) is 6.42 Å². The van der Waals surface area contributed by atoms with E-state index >= 15 is 0 Å². The van der Waals surface area contributed by atoms with E-state index in [2.05, 4.69) is 24.1 Å². The molecule has 0 radical (unpaired) electrons. The second kappa shape index (κ2) is 24.6. The summed E-state index contributed by atoms with van der Waals surface area (Å²) in [6, 6.07) is 0. The first-order valence-electron chi connectivity index (χ1n) is 2.71. The third-order valence-electron chi connectivity index (χ3n) is 0.182. The molecular weight excluding hydrogens is 128 g/mol. The Kier molecular flexibility index (Phi) is 39.4. The summed E-state index contributed by atoms with van der Waals surface area (Å²) in [4.78, 5) is 0. The van der Waals surface area contributed by atoms with Gasteiger partial charge in [-0.25, -0.2) is 0 Å². The molecule has 0 fully saturated rings. The monoisotopic (exact) mass is 144 g/mol. The molecule has 0 saturated heterocycles. The highest BCUT2D eigenvalue weighted by Gasteiger charge is 1.50. The van der Waals surface area contributed by atoms with Crippen molar-refractivity contribution in [2.75, 3.05) is 0 Å². The maximum Gasteiger partial charge on any atom is 0.130 e. The van der Waals surface area contributed by atoms with E-state index in [4.69, 9.17) is 10.8 Å². The molecule has 0 unspecified atom stereocenters. The second-order valence-electron chi connectivity index (χ2n) is 1.20. The van der Waals surface area contributed by atoms with Crippen LogP contribution in [0.15, 0.2) is 10.2 Å². The minimum absolute atomic E-state index is 0. The van der Waals surface area contributed by atoms with Crippen molar-refractivity contribution in [3.05, 3.63) is 0 Å². The summed E-state index contributed by atoms with van der Waals surface area (Å²) >= 11 is 0. The van der Waals surface area contributed by atoms with Crippen LogP contribution in [0.3, 0.4) is 0 Å². The molecule has 0 amide bonds. The third-order valence-corrected chi connectivity index (χ3v) is 0.182. The van der Waals surface area contributed by atoms with E-state index < -0.39 is 0 Å². The molecule has 0 bridgehead atoms. The Labute approximate surface area is 62.4 Å². The van der Waals surface area contributed by atoms with Gasteiger partial charge in [0, 0.05) is 0 Å². The molecule has 0 heterocycles. The molecule has 4 heteroatoms. The summed E-state index contributed by atoms with van der Waals surface area (Å²) in [6.45, 7) is 4.25. The lowest BCUT2D eigenvalue weighted by atomic mass is 10.6. The van der Waals surface area contributed by atoms with Gasteiger partial charge in [0.1, 0.15) is 12.7 Å². The van der Waals surface area contributed by atoms with Crippen molar-refractivity contribution in [1.29, 1.82) is 10.8 Å². The van der Waals surface area contributed by atoms with E-state index in [1.54, 1.807) is 0 Å². The van der Waals surface area contributed by atoms with E-state index in [1.807, 2.05) is 0 Å². The molecule has 60 valence electrons. The Morgan fingerprint density at radius 2 is 1.30 bits per heavy atom. The minimum atomic E-state index is 0. The van der Waals surface area contributed by atoms with Gasteiger partial charge in [0.15, 0.2) is 0 Å². The minimum Gasteiger partial charge on any atom is -0.288 e. The zero-order valence-electron chi connectivity index (χ0n) is 5.76. The van der Waals surface area contributed by atoms with Crippen molar-refractivity contribution in [3.63, 3.8) is 0 Å². The number of nitrogens with one attached hydrogen (secondary N) is 2. The summed E-state index contributed by atoms with van der Waals surface area (Å²) < 4.78 is 0. The molecule has 0 atom stereocenters. The maximum atomic E-state index is 6.22. The molecular formula is C6H16N4. The molecule has 0 aromatic rings. The average molecular weight is 144 g/mol. The standard InChI is InChI=1S/C3H8.C2H4N4.CH4/c1-3-2;3-1-5-6-2-4;/h3H2,1-2H3;1-4H;1H4. The van der Waals surface area contributed by atoms with Gasteiger partial charge in [-0.1, -0.05) is 27.7 Å². The Morgan fingerprint density at radius 1 is 1.10 bits per heavy atom. The lowest BCUT2D eigenvalue weighted by molar-refractivity contribution is 1.09. The van der Waals surface area contributed by atoms with Gasteiger partial charge in [-0.05, 0) is 0 Å². The molecule has 0 aromatic heterocycles. The summed E-state index contributed by atoms with van der Waals surface area (Å²) in [6.07, 6.45) is 2.79. The van der Waals surface area contributed by atoms with Crippen molar-refractivity contribution >= 4 is 12.7 Å². The zero-order valence-corrected chi connectivity index (χ0v) is 5.76. The summed E-state index contributed by atoms with van der Waals surface area (Å²) in [5, 5.41) is 18.5.